The normalized spacial score (nSPS) is 10.6. The van der Waals surface area contributed by atoms with Crippen molar-refractivity contribution in [2.45, 2.75) is 0 Å². The third-order valence-electron chi connectivity index (χ3n) is 1.79. The Bertz CT molecular complexity index is 520. The Morgan fingerprint density at radius 2 is 2.00 bits per heavy atom. The maximum atomic E-state index is 13.2. The van der Waals surface area contributed by atoms with Gasteiger partial charge in [-0.1, -0.05) is 15.9 Å². The van der Waals surface area contributed by atoms with E-state index < -0.39 is 5.82 Å². The molecule has 0 amide bonds. The fourth-order valence-corrected chi connectivity index (χ4v) is 1.64. The summed E-state index contributed by atoms with van der Waals surface area (Å²) in [6.07, 6.45) is 0. The Balaban J connectivity index is 3.00. The molecule has 66 valence electrons. The molecule has 4 heteroatoms. The second kappa shape index (κ2) is 2.96. The monoisotopic (exact) mass is 241 g/mol. The summed E-state index contributed by atoms with van der Waals surface area (Å²) in [5.41, 5.74) is -0.0635. The van der Waals surface area contributed by atoms with Crippen molar-refractivity contribution in [2.75, 3.05) is 0 Å². The van der Waals surface area contributed by atoms with Crippen LogP contribution in [-0.2, 0) is 0 Å². The van der Waals surface area contributed by atoms with Gasteiger partial charge in [0.2, 0.25) is 5.56 Å². The molecule has 0 aliphatic heterocycles. The first-order valence-corrected chi connectivity index (χ1v) is 4.45. The molecule has 0 fully saturated rings. The van der Waals surface area contributed by atoms with Crippen molar-refractivity contribution in [3.63, 3.8) is 0 Å². The summed E-state index contributed by atoms with van der Waals surface area (Å²) < 4.78 is 13.9. The number of aromatic amines is 1. The lowest BCUT2D eigenvalue weighted by Crippen LogP contribution is -2.03. The smallest absolute Gasteiger partial charge is 0.248 e. The van der Waals surface area contributed by atoms with E-state index in [-0.39, 0.29) is 11.1 Å². The Labute approximate surface area is 81.5 Å². The average Bonchev–Trinajstić information content (AvgIpc) is 2.12. The van der Waals surface area contributed by atoms with Crippen molar-refractivity contribution in [1.29, 1.82) is 0 Å². The van der Waals surface area contributed by atoms with E-state index in [1.54, 1.807) is 12.1 Å². The zero-order chi connectivity index (χ0) is 9.42. The molecule has 0 aliphatic rings. The number of benzene rings is 1. The third-order valence-corrected chi connectivity index (χ3v) is 2.48. The number of H-pyrrole nitrogens is 1. The summed E-state index contributed by atoms with van der Waals surface area (Å²) in [5.74, 6) is -0.420. The topological polar surface area (TPSA) is 32.9 Å². The van der Waals surface area contributed by atoms with E-state index in [4.69, 9.17) is 0 Å². The van der Waals surface area contributed by atoms with Crippen molar-refractivity contribution in [3.05, 3.63) is 44.9 Å². The number of nitrogens with one attached hydrogen (secondary N) is 1. The van der Waals surface area contributed by atoms with Crippen molar-refractivity contribution in [2.24, 2.45) is 0 Å². The SMILES string of the molecule is O=c1ccc2c(Br)ccc(F)c2[nH]1. The first-order chi connectivity index (χ1) is 6.18. The van der Waals surface area contributed by atoms with Gasteiger partial charge in [-0.15, -0.1) is 0 Å². The maximum absolute atomic E-state index is 13.2. The number of aromatic nitrogens is 1. The van der Waals surface area contributed by atoms with Gasteiger partial charge in [-0.2, -0.15) is 0 Å². The fourth-order valence-electron chi connectivity index (χ4n) is 1.18. The van der Waals surface area contributed by atoms with Crippen LogP contribution in [0.1, 0.15) is 0 Å². The fraction of sp³-hybridized carbons (Fsp3) is 0. The number of pyridine rings is 1. The predicted molar refractivity (Wildman–Crippen MR) is 52.2 cm³/mol. The summed E-state index contributed by atoms with van der Waals surface area (Å²) in [5, 5.41) is 0.666. The van der Waals surface area contributed by atoms with E-state index in [1.807, 2.05) is 0 Å². The van der Waals surface area contributed by atoms with Crippen molar-refractivity contribution in [1.82, 2.24) is 4.98 Å². The lowest BCUT2D eigenvalue weighted by molar-refractivity contribution is 0.636. The first-order valence-electron chi connectivity index (χ1n) is 3.65. The van der Waals surface area contributed by atoms with E-state index in [0.29, 0.717) is 5.39 Å². The Morgan fingerprint density at radius 3 is 2.77 bits per heavy atom. The zero-order valence-corrected chi connectivity index (χ0v) is 8.06. The van der Waals surface area contributed by atoms with Crippen molar-refractivity contribution >= 4 is 26.8 Å². The molecule has 0 atom stereocenters. The Kier molecular flexibility index (Phi) is 1.92. The summed E-state index contributed by atoms with van der Waals surface area (Å²) >= 11 is 3.27. The number of hydrogen-bond acceptors (Lipinski definition) is 1. The third kappa shape index (κ3) is 1.37. The molecule has 2 aromatic rings. The number of hydrogen-bond donors (Lipinski definition) is 1. The van der Waals surface area contributed by atoms with E-state index in [1.165, 1.54) is 12.1 Å². The molecule has 0 bridgehead atoms. The molecular weight excluding hydrogens is 237 g/mol. The van der Waals surface area contributed by atoms with Crippen LogP contribution in [0.3, 0.4) is 0 Å². The minimum Gasteiger partial charge on any atom is -0.319 e. The minimum atomic E-state index is -0.420. The van der Waals surface area contributed by atoms with Gasteiger partial charge < -0.3 is 4.98 Å². The number of fused-ring (bicyclic) bond motifs is 1. The van der Waals surface area contributed by atoms with Gasteiger partial charge in [-0.3, -0.25) is 4.79 Å². The van der Waals surface area contributed by atoms with Crippen LogP contribution in [0.5, 0.6) is 0 Å². The molecule has 2 nitrogen and oxygen atoms in total. The molecule has 1 aromatic carbocycles. The second-order valence-corrected chi connectivity index (χ2v) is 3.49. The molecule has 0 spiro atoms. The van der Waals surface area contributed by atoms with Gasteiger partial charge in [0.15, 0.2) is 0 Å². The molecule has 1 heterocycles. The molecule has 13 heavy (non-hydrogen) atoms. The molecule has 0 unspecified atom stereocenters. The molecule has 1 aromatic heterocycles. The molecular formula is C9H5BrFNO. The molecule has 0 saturated heterocycles. The van der Waals surface area contributed by atoms with Gasteiger partial charge >= 0.3 is 0 Å². The lowest BCUT2D eigenvalue weighted by Gasteiger charge is -2.00. The van der Waals surface area contributed by atoms with E-state index >= 15 is 0 Å². The number of rotatable bonds is 0. The maximum Gasteiger partial charge on any atom is 0.248 e. The van der Waals surface area contributed by atoms with Crippen LogP contribution in [0.15, 0.2) is 33.5 Å². The van der Waals surface area contributed by atoms with Crippen LogP contribution in [-0.4, -0.2) is 4.98 Å². The second-order valence-electron chi connectivity index (χ2n) is 2.64. The quantitative estimate of drug-likeness (QED) is 0.756. The van der Waals surface area contributed by atoms with Gasteiger partial charge in [0.25, 0.3) is 0 Å². The molecule has 2 rings (SSSR count). The highest BCUT2D eigenvalue weighted by molar-refractivity contribution is 9.10. The van der Waals surface area contributed by atoms with Gasteiger partial charge in [-0.05, 0) is 18.2 Å². The van der Waals surface area contributed by atoms with Crippen LogP contribution in [0, 0.1) is 5.82 Å². The summed E-state index contributed by atoms with van der Waals surface area (Å²) in [6, 6.07) is 5.87. The lowest BCUT2D eigenvalue weighted by atomic mass is 10.2. The Hall–Kier alpha value is -1.16. The molecule has 0 aliphatic carbocycles. The first kappa shape index (κ1) is 8.44. The van der Waals surface area contributed by atoms with Crippen LogP contribution in [0.4, 0.5) is 4.39 Å². The summed E-state index contributed by atoms with van der Waals surface area (Å²) in [6.45, 7) is 0. The standard InChI is InChI=1S/C9H5BrFNO/c10-6-2-3-7(11)9-5(6)1-4-8(13)12-9/h1-4H,(H,12,13). The van der Waals surface area contributed by atoms with E-state index in [9.17, 15) is 9.18 Å². The van der Waals surface area contributed by atoms with Crippen molar-refractivity contribution < 1.29 is 4.39 Å². The van der Waals surface area contributed by atoms with Crippen LogP contribution >= 0.6 is 15.9 Å². The molecule has 1 N–H and O–H groups in total. The highest BCUT2D eigenvalue weighted by Crippen LogP contribution is 2.23. The van der Waals surface area contributed by atoms with E-state index in [2.05, 4.69) is 20.9 Å². The van der Waals surface area contributed by atoms with Gasteiger partial charge in [0.1, 0.15) is 5.82 Å². The Morgan fingerprint density at radius 1 is 1.23 bits per heavy atom. The van der Waals surface area contributed by atoms with E-state index in [0.717, 1.165) is 4.47 Å². The van der Waals surface area contributed by atoms with Crippen LogP contribution < -0.4 is 5.56 Å². The van der Waals surface area contributed by atoms with Crippen molar-refractivity contribution in [3.8, 4) is 0 Å². The highest BCUT2D eigenvalue weighted by Gasteiger charge is 2.03. The summed E-state index contributed by atoms with van der Waals surface area (Å²) in [4.78, 5) is 13.3. The molecule has 0 radical (unpaired) electrons. The van der Waals surface area contributed by atoms with Crippen LogP contribution in [0.25, 0.3) is 10.9 Å². The zero-order valence-electron chi connectivity index (χ0n) is 6.47. The minimum absolute atomic E-state index is 0.238. The van der Waals surface area contributed by atoms with Gasteiger partial charge in [-0.25, -0.2) is 4.39 Å². The largest absolute Gasteiger partial charge is 0.319 e. The number of halogens is 2. The predicted octanol–water partition coefficient (Wildman–Crippen LogP) is 2.43. The molecule has 0 saturated carbocycles. The summed E-state index contributed by atoms with van der Waals surface area (Å²) in [7, 11) is 0. The average molecular weight is 242 g/mol. The highest BCUT2D eigenvalue weighted by atomic mass is 79.9. The van der Waals surface area contributed by atoms with Gasteiger partial charge in [0.05, 0.1) is 5.52 Å². The van der Waals surface area contributed by atoms with Crippen LogP contribution in [0.2, 0.25) is 0 Å². The van der Waals surface area contributed by atoms with Gasteiger partial charge in [0, 0.05) is 15.9 Å².